The van der Waals surface area contributed by atoms with Crippen LogP contribution in [0.4, 0.5) is 5.69 Å². The Kier molecular flexibility index (Phi) is 7.36. The Bertz CT molecular complexity index is 944. The molecule has 2 aromatic rings. The topological polar surface area (TPSA) is 122 Å². The normalized spacial score (nSPS) is 11.6. The number of nitro benzene ring substituents is 1. The van der Waals surface area contributed by atoms with Crippen molar-refractivity contribution in [1.29, 1.82) is 0 Å². The Morgan fingerprint density at radius 2 is 1.82 bits per heavy atom. The molecule has 9 nitrogen and oxygen atoms in total. The molecule has 2 rings (SSSR count). The van der Waals surface area contributed by atoms with Gasteiger partial charge in [-0.25, -0.2) is 13.8 Å². The number of carbonyl (C=O) groups is 1. The molecule has 0 aliphatic heterocycles. The minimum Gasteiger partial charge on any atom is -0.272 e. The summed E-state index contributed by atoms with van der Waals surface area (Å²) in [6.07, 6.45) is 2.84. The van der Waals surface area contributed by atoms with Gasteiger partial charge in [-0.15, -0.1) is 0 Å². The molecule has 2 aromatic carbocycles. The molecule has 0 aliphatic carbocycles. The third kappa shape index (κ3) is 6.89. The molecule has 28 heavy (non-hydrogen) atoms. The quantitative estimate of drug-likeness (QED) is 0.386. The molecule has 10 heteroatoms. The molecule has 0 saturated carbocycles. The second-order valence-electron chi connectivity index (χ2n) is 5.97. The zero-order valence-corrected chi connectivity index (χ0v) is 16.0. The van der Waals surface area contributed by atoms with Crippen LogP contribution in [0.1, 0.15) is 11.1 Å². The van der Waals surface area contributed by atoms with E-state index in [1.54, 1.807) is 0 Å². The van der Waals surface area contributed by atoms with E-state index >= 15 is 0 Å². The molecule has 0 atom stereocenters. The van der Waals surface area contributed by atoms with E-state index in [-0.39, 0.29) is 18.8 Å². The lowest BCUT2D eigenvalue weighted by Crippen LogP contribution is -2.40. The van der Waals surface area contributed by atoms with Gasteiger partial charge in [-0.05, 0) is 29.7 Å². The van der Waals surface area contributed by atoms with E-state index in [0.29, 0.717) is 12.0 Å². The monoisotopic (exact) mass is 404 g/mol. The Labute approximate surface area is 162 Å². The maximum absolute atomic E-state index is 12.0. The van der Waals surface area contributed by atoms with Gasteiger partial charge < -0.3 is 0 Å². The summed E-state index contributed by atoms with van der Waals surface area (Å²) >= 11 is 0. The van der Waals surface area contributed by atoms with Crippen molar-refractivity contribution in [2.24, 2.45) is 5.10 Å². The first-order valence-corrected chi connectivity index (χ1v) is 10.2. The van der Waals surface area contributed by atoms with Crippen molar-refractivity contribution in [1.82, 2.24) is 9.73 Å². The summed E-state index contributed by atoms with van der Waals surface area (Å²) < 4.78 is 24.9. The van der Waals surface area contributed by atoms with Crippen molar-refractivity contribution < 1.29 is 18.1 Å². The molecule has 0 bridgehead atoms. The summed E-state index contributed by atoms with van der Waals surface area (Å²) in [6, 6.07) is 15.0. The molecule has 148 valence electrons. The average Bonchev–Trinajstić information content (AvgIpc) is 2.65. The van der Waals surface area contributed by atoms with Gasteiger partial charge in [0, 0.05) is 18.7 Å². The molecule has 0 spiro atoms. The fourth-order valence-corrected chi connectivity index (χ4v) is 3.09. The van der Waals surface area contributed by atoms with Crippen LogP contribution < -0.4 is 5.43 Å². The number of hydrogen-bond donors (Lipinski definition) is 1. The number of hydrogen-bond acceptors (Lipinski definition) is 6. The predicted molar refractivity (Wildman–Crippen MR) is 105 cm³/mol. The number of rotatable bonds is 9. The van der Waals surface area contributed by atoms with Crippen LogP contribution in [0.3, 0.4) is 0 Å². The zero-order chi connectivity index (χ0) is 20.6. The van der Waals surface area contributed by atoms with Crippen LogP contribution in [0.15, 0.2) is 59.7 Å². The summed E-state index contributed by atoms with van der Waals surface area (Å²) in [5, 5.41) is 14.4. The first-order chi connectivity index (χ1) is 13.3. The van der Waals surface area contributed by atoms with E-state index in [1.165, 1.54) is 30.5 Å². The lowest BCUT2D eigenvalue weighted by Gasteiger charge is -2.18. The predicted octanol–water partition coefficient (Wildman–Crippen LogP) is 1.55. The van der Waals surface area contributed by atoms with Crippen LogP contribution in [0.25, 0.3) is 0 Å². The highest BCUT2D eigenvalue weighted by Gasteiger charge is 2.19. The lowest BCUT2D eigenvalue weighted by molar-refractivity contribution is -0.384. The number of nitrogens with one attached hydrogen (secondary N) is 1. The summed E-state index contributed by atoms with van der Waals surface area (Å²) in [6.45, 7) is -0.189. The second kappa shape index (κ2) is 9.72. The van der Waals surface area contributed by atoms with Gasteiger partial charge in [0.2, 0.25) is 10.0 Å². The molecular formula is C18H20N4O5S. The number of nitrogens with zero attached hydrogens (tertiary/aromatic N) is 3. The third-order valence-electron chi connectivity index (χ3n) is 3.79. The van der Waals surface area contributed by atoms with E-state index in [1.807, 2.05) is 30.3 Å². The third-order valence-corrected chi connectivity index (χ3v) is 5.04. The van der Waals surface area contributed by atoms with Gasteiger partial charge in [-0.2, -0.15) is 9.41 Å². The first kappa shape index (κ1) is 21.2. The number of carbonyl (C=O) groups excluding carboxylic acids is 1. The molecule has 0 radical (unpaired) electrons. The summed E-state index contributed by atoms with van der Waals surface area (Å²) in [5.41, 5.74) is 3.72. The maximum Gasteiger partial charge on any atom is 0.269 e. The Morgan fingerprint density at radius 3 is 2.39 bits per heavy atom. The number of benzene rings is 2. The van der Waals surface area contributed by atoms with E-state index in [0.717, 1.165) is 16.1 Å². The number of non-ortho nitro benzene ring substituents is 1. The van der Waals surface area contributed by atoms with Gasteiger partial charge in [0.15, 0.2) is 0 Å². The maximum atomic E-state index is 12.0. The van der Waals surface area contributed by atoms with Gasteiger partial charge in [-0.3, -0.25) is 14.9 Å². The summed E-state index contributed by atoms with van der Waals surface area (Å²) in [4.78, 5) is 22.1. The van der Waals surface area contributed by atoms with Crippen LogP contribution in [0.5, 0.6) is 0 Å². The fourth-order valence-electron chi connectivity index (χ4n) is 2.32. The summed E-state index contributed by atoms with van der Waals surface area (Å²) in [7, 11) is -3.56. The number of sulfonamides is 1. The van der Waals surface area contributed by atoms with E-state index < -0.39 is 20.9 Å². The molecular weight excluding hydrogens is 384 g/mol. The van der Waals surface area contributed by atoms with Gasteiger partial charge in [0.05, 0.1) is 23.9 Å². The standard InChI is InChI=1S/C18H20N4O5S/c1-28(26,27)21(12-11-15-5-3-2-4-6-15)14-18(23)20-19-13-16-7-9-17(10-8-16)22(24)25/h2-10,13H,11-12,14H2,1H3,(H,20,23)/b19-13+. The Balaban J connectivity index is 1.91. The van der Waals surface area contributed by atoms with E-state index in [9.17, 15) is 23.3 Å². The zero-order valence-electron chi connectivity index (χ0n) is 15.2. The van der Waals surface area contributed by atoms with Gasteiger partial charge in [0.25, 0.3) is 11.6 Å². The average molecular weight is 404 g/mol. The molecule has 1 amide bonds. The molecule has 0 aliphatic rings. The smallest absolute Gasteiger partial charge is 0.269 e. The van der Waals surface area contributed by atoms with Crippen molar-refractivity contribution in [2.45, 2.75) is 6.42 Å². The van der Waals surface area contributed by atoms with Gasteiger partial charge in [-0.1, -0.05) is 30.3 Å². The lowest BCUT2D eigenvalue weighted by atomic mass is 10.1. The van der Waals surface area contributed by atoms with Crippen molar-refractivity contribution in [3.8, 4) is 0 Å². The number of amides is 1. The van der Waals surface area contributed by atoms with Crippen molar-refractivity contribution in [3.05, 3.63) is 75.8 Å². The molecule has 0 fully saturated rings. The minimum atomic E-state index is -3.56. The van der Waals surface area contributed by atoms with E-state index in [2.05, 4.69) is 10.5 Å². The Hall–Kier alpha value is -3.11. The highest BCUT2D eigenvalue weighted by Crippen LogP contribution is 2.10. The van der Waals surface area contributed by atoms with Crippen LogP contribution in [-0.4, -0.2) is 49.1 Å². The van der Waals surface area contributed by atoms with E-state index in [4.69, 9.17) is 0 Å². The highest BCUT2D eigenvalue weighted by molar-refractivity contribution is 7.88. The number of nitro groups is 1. The fraction of sp³-hybridized carbons (Fsp3) is 0.222. The largest absolute Gasteiger partial charge is 0.272 e. The SMILES string of the molecule is CS(=O)(=O)N(CCc1ccccc1)CC(=O)N/N=C/c1ccc([N+](=O)[O-])cc1. The van der Waals surface area contributed by atoms with Crippen molar-refractivity contribution in [2.75, 3.05) is 19.3 Å². The molecule has 0 aromatic heterocycles. The Morgan fingerprint density at radius 1 is 1.18 bits per heavy atom. The number of hydrazone groups is 1. The highest BCUT2D eigenvalue weighted by atomic mass is 32.2. The van der Waals surface area contributed by atoms with Crippen LogP contribution in [0.2, 0.25) is 0 Å². The van der Waals surface area contributed by atoms with Gasteiger partial charge >= 0.3 is 0 Å². The van der Waals surface area contributed by atoms with Crippen LogP contribution in [0, 0.1) is 10.1 Å². The molecule has 0 heterocycles. The van der Waals surface area contributed by atoms with Crippen LogP contribution >= 0.6 is 0 Å². The van der Waals surface area contributed by atoms with Gasteiger partial charge in [0.1, 0.15) is 0 Å². The molecule has 0 unspecified atom stereocenters. The first-order valence-electron chi connectivity index (χ1n) is 8.31. The van der Waals surface area contributed by atoms with Crippen molar-refractivity contribution >= 4 is 27.8 Å². The minimum absolute atomic E-state index is 0.0524. The van der Waals surface area contributed by atoms with Crippen LogP contribution in [-0.2, 0) is 21.2 Å². The second-order valence-corrected chi connectivity index (χ2v) is 7.96. The summed E-state index contributed by atoms with van der Waals surface area (Å²) in [5.74, 6) is -0.586. The molecule has 1 N–H and O–H groups in total. The molecule has 0 saturated heterocycles. The van der Waals surface area contributed by atoms with Crippen molar-refractivity contribution in [3.63, 3.8) is 0 Å².